The third kappa shape index (κ3) is 5.30. The quantitative estimate of drug-likeness (QED) is 0.776. The van der Waals surface area contributed by atoms with Crippen molar-refractivity contribution in [1.29, 1.82) is 0 Å². The first-order valence-corrected chi connectivity index (χ1v) is 8.03. The Labute approximate surface area is 147 Å². The highest BCUT2D eigenvalue weighted by molar-refractivity contribution is 7.80. The Bertz CT molecular complexity index is 649. The molecule has 0 radical (unpaired) electrons. The molecule has 0 fully saturated rings. The molecule has 0 spiro atoms. The Morgan fingerprint density at radius 2 is 1.87 bits per heavy atom. The summed E-state index contributed by atoms with van der Waals surface area (Å²) >= 11 is 11.4. The minimum Gasteiger partial charge on any atom is -0.497 e. The fraction of sp³-hybridized carbons (Fsp3) is 0.235. The van der Waals surface area contributed by atoms with Crippen molar-refractivity contribution in [2.24, 2.45) is 0 Å². The maximum Gasteiger partial charge on any atom is 0.170 e. The summed E-state index contributed by atoms with van der Waals surface area (Å²) < 4.78 is 5.16. The van der Waals surface area contributed by atoms with E-state index >= 15 is 0 Å². The second-order valence-corrected chi connectivity index (χ2v) is 5.80. The number of halogens is 1. The molecule has 0 unspecified atom stereocenters. The van der Waals surface area contributed by atoms with E-state index in [1.165, 1.54) is 0 Å². The van der Waals surface area contributed by atoms with Crippen LogP contribution < -0.4 is 20.3 Å². The van der Waals surface area contributed by atoms with Gasteiger partial charge in [0.1, 0.15) is 5.75 Å². The molecule has 0 saturated heterocycles. The standard InChI is InChI=1S/C17H20ClN3OS/c1-21(13-7-9-14(22-2)10-8-13)12-11-19-17(23)20-16-6-4-3-5-15(16)18/h3-10H,11-12H2,1-2H3,(H2,19,20,23). The second-order valence-electron chi connectivity index (χ2n) is 4.98. The number of ether oxygens (including phenoxy) is 1. The number of para-hydroxylation sites is 1. The summed E-state index contributed by atoms with van der Waals surface area (Å²) in [5.74, 6) is 0.852. The molecule has 2 N–H and O–H groups in total. The van der Waals surface area contributed by atoms with E-state index in [0.717, 1.165) is 30.2 Å². The van der Waals surface area contributed by atoms with Crippen LogP contribution in [0.5, 0.6) is 5.75 Å². The first kappa shape index (κ1) is 17.4. The van der Waals surface area contributed by atoms with Gasteiger partial charge in [0.05, 0.1) is 17.8 Å². The van der Waals surface area contributed by atoms with Gasteiger partial charge in [-0.3, -0.25) is 0 Å². The van der Waals surface area contributed by atoms with E-state index in [1.54, 1.807) is 7.11 Å². The summed E-state index contributed by atoms with van der Waals surface area (Å²) in [6.07, 6.45) is 0. The first-order valence-electron chi connectivity index (χ1n) is 7.24. The van der Waals surface area contributed by atoms with Crippen molar-refractivity contribution >= 4 is 40.3 Å². The number of nitrogens with zero attached hydrogens (tertiary/aromatic N) is 1. The van der Waals surface area contributed by atoms with Gasteiger partial charge in [-0.25, -0.2) is 0 Å². The predicted molar refractivity (Wildman–Crippen MR) is 102 cm³/mol. The van der Waals surface area contributed by atoms with Gasteiger partial charge >= 0.3 is 0 Å². The lowest BCUT2D eigenvalue weighted by atomic mass is 10.3. The molecule has 0 aliphatic carbocycles. The molecule has 0 aliphatic heterocycles. The molecule has 4 nitrogen and oxygen atoms in total. The van der Waals surface area contributed by atoms with Crippen molar-refractivity contribution in [2.75, 3.05) is 37.5 Å². The van der Waals surface area contributed by atoms with Gasteiger partial charge in [0.25, 0.3) is 0 Å². The van der Waals surface area contributed by atoms with E-state index in [-0.39, 0.29) is 0 Å². The number of hydrogen-bond donors (Lipinski definition) is 2. The number of likely N-dealkylation sites (N-methyl/N-ethyl adjacent to an activating group) is 1. The van der Waals surface area contributed by atoms with Crippen LogP contribution in [0.1, 0.15) is 0 Å². The molecule has 2 aromatic carbocycles. The van der Waals surface area contributed by atoms with Gasteiger partial charge in [-0.1, -0.05) is 23.7 Å². The Kier molecular flexibility index (Phi) is 6.50. The molecule has 0 saturated carbocycles. The molecule has 122 valence electrons. The molecule has 0 bridgehead atoms. The minimum atomic E-state index is 0.557. The smallest absolute Gasteiger partial charge is 0.170 e. The Morgan fingerprint density at radius 1 is 1.17 bits per heavy atom. The summed E-state index contributed by atoms with van der Waals surface area (Å²) in [6.45, 7) is 1.54. The lowest BCUT2D eigenvalue weighted by Gasteiger charge is -2.20. The lowest BCUT2D eigenvalue weighted by Crippen LogP contribution is -2.35. The largest absolute Gasteiger partial charge is 0.497 e. The second kappa shape index (κ2) is 8.60. The zero-order chi connectivity index (χ0) is 16.7. The SMILES string of the molecule is COc1ccc(N(C)CCNC(=S)Nc2ccccc2Cl)cc1. The van der Waals surface area contributed by atoms with E-state index in [2.05, 4.69) is 15.5 Å². The van der Waals surface area contributed by atoms with Crippen LogP contribution in [0.25, 0.3) is 0 Å². The van der Waals surface area contributed by atoms with Crippen LogP contribution in [0.3, 0.4) is 0 Å². The zero-order valence-electron chi connectivity index (χ0n) is 13.2. The van der Waals surface area contributed by atoms with E-state index in [4.69, 9.17) is 28.6 Å². The van der Waals surface area contributed by atoms with Gasteiger partial charge in [-0.15, -0.1) is 0 Å². The highest BCUT2D eigenvalue weighted by Crippen LogP contribution is 2.20. The van der Waals surface area contributed by atoms with Gasteiger partial charge < -0.3 is 20.3 Å². The fourth-order valence-corrected chi connectivity index (χ4v) is 2.43. The van der Waals surface area contributed by atoms with Gasteiger partial charge in [0.15, 0.2) is 5.11 Å². The van der Waals surface area contributed by atoms with Crippen molar-refractivity contribution in [1.82, 2.24) is 5.32 Å². The summed E-state index contributed by atoms with van der Waals surface area (Å²) in [5, 5.41) is 7.47. The molecule has 0 aliphatic rings. The molecular weight excluding hydrogens is 330 g/mol. The number of rotatable bonds is 6. The Morgan fingerprint density at radius 3 is 2.52 bits per heavy atom. The normalized spacial score (nSPS) is 10.0. The Hall–Kier alpha value is -1.98. The van der Waals surface area contributed by atoms with Crippen LogP contribution in [0.4, 0.5) is 11.4 Å². The van der Waals surface area contributed by atoms with E-state index in [1.807, 2.05) is 55.6 Å². The topological polar surface area (TPSA) is 36.5 Å². The first-order chi connectivity index (χ1) is 11.1. The van der Waals surface area contributed by atoms with Crippen molar-refractivity contribution < 1.29 is 4.74 Å². The molecule has 2 aromatic rings. The van der Waals surface area contributed by atoms with E-state index in [9.17, 15) is 0 Å². The molecule has 0 amide bonds. The van der Waals surface area contributed by atoms with E-state index in [0.29, 0.717) is 10.1 Å². The number of benzene rings is 2. The number of anilines is 2. The van der Waals surface area contributed by atoms with E-state index < -0.39 is 0 Å². The number of methoxy groups -OCH3 is 1. The zero-order valence-corrected chi connectivity index (χ0v) is 14.7. The summed E-state index contributed by atoms with van der Waals surface area (Å²) in [6, 6.07) is 15.5. The number of hydrogen-bond acceptors (Lipinski definition) is 3. The van der Waals surface area contributed by atoms with Crippen LogP contribution in [-0.4, -0.2) is 32.4 Å². The maximum absolute atomic E-state index is 6.09. The van der Waals surface area contributed by atoms with Gasteiger partial charge in [-0.2, -0.15) is 0 Å². The lowest BCUT2D eigenvalue weighted by molar-refractivity contribution is 0.415. The highest BCUT2D eigenvalue weighted by Gasteiger charge is 2.03. The number of nitrogens with one attached hydrogen (secondary N) is 2. The fourth-order valence-electron chi connectivity index (χ4n) is 2.03. The van der Waals surface area contributed by atoms with Crippen molar-refractivity contribution in [3.8, 4) is 5.75 Å². The summed E-state index contributed by atoms with van der Waals surface area (Å²) in [5.41, 5.74) is 1.92. The monoisotopic (exact) mass is 349 g/mol. The molecule has 6 heteroatoms. The third-order valence-electron chi connectivity index (χ3n) is 3.37. The third-order valence-corrected chi connectivity index (χ3v) is 3.94. The number of thiocarbonyl (C=S) groups is 1. The molecule has 23 heavy (non-hydrogen) atoms. The van der Waals surface area contributed by atoms with Crippen LogP contribution in [0.15, 0.2) is 48.5 Å². The minimum absolute atomic E-state index is 0.557. The molecule has 0 aromatic heterocycles. The maximum atomic E-state index is 6.09. The van der Waals surface area contributed by atoms with Crippen LogP contribution in [0, 0.1) is 0 Å². The van der Waals surface area contributed by atoms with Crippen molar-refractivity contribution in [2.45, 2.75) is 0 Å². The van der Waals surface area contributed by atoms with Gasteiger partial charge in [-0.05, 0) is 48.6 Å². The predicted octanol–water partition coefficient (Wildman–Crippen LogP) is 3.77. The Balaban J connectivity index is 1.77. The molecule has 0 heterocycles. The average molecular weight is 350 g/mol. The van der Waals surface area contributed by atoms with Crippen molar-refractivity contribution in [3.05, 3.63) is 53.6 Å². The van der Waals surface area contributed by atoms with Crippen molar-refractivity contribution in [3.63, 3.8) is 0 Å². The molecule has 0 atom stereocenters. The molecular formula is C17H20ClN3OS. The van der Waals surface area contributed by atoms with Gasteiger partial charge in [0.2, 0.25) is 0 Å². The van der Waals surface area contributed by atoms with Crippen LogP contribution in [-0.2, 0) is 0 Å². The van der Waals surface area contributed by atoms with Crippen LogP contribution in [0.2, 0.25) is 5.02 Å². The summed E-state index contributed by atoms with van der Waals surface area (Å²) in [7, 11) is 3.70. The highest BCUT2D eigenvalue weighted by atomic mass is 35.5. The average Bonchev–Trinajstić information content (AvgIpc) is 2.57. The summed E-state index contributed by atoms with van der Waals surface area (Å²) in [4.78, 5) is 2.14. The molecule has 2 rings (SSSR count). The van der Waals surface area contributed by atoms with Crippen LogP contribution >= 0.6 is 23.8 Å². The van der Waals surface area contributed by atoms with Gasteiger partial charge in [0, 0.05) is 25.8 Å².